The second-order valence-electron chi connectivity index (χ2n) is 6.79. The summed E-state index contributed by atoms with van der Waals surface area (Å²) < 4.78 is 0. The van der Waals surface area contributed by atoms with Crippen molar-refractivity contribution in [1.29, 1.82) is 0 Å². The Balaban J connectivity index is 0.00000225. The van der Waals surface area contributed by atoms with Crippen LogP contribution < -0.4 is 10.2 Å². The number of aliphatic imine (C=N–C) groups is 1. The Morgan fingerprint density at radius 3 is 2.32 bits per heavy atom. The zero-order chi connectivity index (χ0) is 16.6. The van der Waals surface area contributed by atoms with Crippen molar-refractivity contribution >= 4 is 35.8 Å². The molecule has 2 aliphatic heterocycles. The fourth-order valence-corrected chi connectivity index (χ4v) is 3.52. The van der Waals surface area contributed by atoms with Crippen LogP contribution in [0.3, 0.4) is 0 Å². The van der Waals surface area contributed by atoms with Crippen molar-refractivity contribution in [2.45, 2.75) is 52.0 Å². The molecule has 3 heterocycles. The fourth-order valence-electron chi connectivity index (χ4n) is 3.52. The summed E-state index contributed by atoms with van der Waals surface area (Å²) in [5, 5.41) is 3.41. The van der Waals surface area contributed by atoms with Crippen LogP contribution in [0.2, 0.25) is 0 Å². The Morgan fingerprint density at radius 1 is 1.04 bits per heavy atom. The van der Waals surface area contributed by atoms with Crippen LogP contribution in [-0.2, 0) is 6.54 Å². The molecular weight excluding hydrogens is 425 g/mol. The lowest BCUT2D eigenvalue weighted by molar-refractivity contribution is 0.493. The fraction of sp³-hybridized carbons (Fsp3) is 0.684. The van der Waals surface area contributed by atoms with Gasteiger partial charge in [0.2, 0.25) is 0 Å². The van der Waals surface area contributed by atoms with Crippen LogP contribution in [-0.4, -0.2) is 48.6 Å². The van der Waals surface area contributed by atoms with Gasteiger partial charge in [-0.25, -0.2) is 9.98 Å². The maximum Gasteiger partial charge on any atom is 0.194 e. The van der Waals surface area contributed by atoms with E-state index in [9.17, 15) is 0 Å². The first kappa shape index (κ1) is 20.3. The van der Waals surface area contributed by atoms with Gasteiger partial charge in [0, 0.05) is 38.9 Å². The van der Waals surface area contributed by atoms with E-state index in [4.69, 9.17) is 4.99 Å². The highest BCUT2D eigenvalue weighted by atomic mass is 127. The van der Waals surface area contributed by atoms with E-state index in [1.165, 1.54) is 44.1 Å². The van der Waals surface area contributed by atoms with Crippen LogP contribution >= 0.6 is 24.0 Å². The molecule has 140 valence electrons. The number of pyridine rings is 1. The van der Waals surface area contributed by atoms with Crippen molar-refractivity contribution in [3.05, 3.63) is 23.9 Å². The summed E-state index contributed by atoms with van der Waals surface area (Å²) >= 11 is 0. The number of halogens is 1. The molecule has 0 bridgehead atoms. The summed E-state index contributed by atoms with van der Waals surface area (Å²) in [7, 11) is 0. The van der Waals surface area contributed by atoms with E-state index in [1.807, 2.05) is 6.20 Å². The smallest absolute Gasteiger partial charge is 0.194 e. The second kappa shape index (κ2) is 10.8. The average molecular weight is 457 g/mol. The average Bonchev–Trinajstić information content (AvgIpc) is 3.01. The Bertz CT molecular complexity index is 517. The molecule has 6 heteroatoms. The van der Waals surface area contributed by atoms with Gasteiger partial charge in [0.1, 0.15) is 5.82 Å². The molecular formula is C19H32IN5. The molecule has 1 aromatic rings. The molecule has 0 aromatic carbocycles. The summed E-state index contributed by atoms with van der Waals surface area (Å²) in [5.74, 6) is 2.17. The molecule has 2 saturated heterocycles. The van der Waals surface area contributed by atoms with Gasteiger partial charge in [0.15, 0.2) is 5.96 Å². The zero-order valence-corrected chi connectivity index (χ0v) is 17.7. The lowest BCUT2D eigenvalue weighted by Gasteiger charge is -2.22. The minimum Gasteiger partial charge on any atom is -0.357 e. The molecule has 3 rings (SSSR count). The zero-order valence-electron chi connectivity index (χ0n) is 15.4. The number of nitrogens with one attached hydrogen (secondary N) is 1. The van der Waals surface area contributed by atoms with Gasteiger partial charge in [0.05, 0.1) is 6.54 Å². The van der Waals surface area contributed by atoms with Crippen molar-refractivity contribution < 1.29 is 0 Å². The van der Waals surface area contributed by atoms with E-state index in [0.29, 0.717) is 6.54 Å². The molecule has 0 unspecified atom stereocenters. The summed E-state index contributed by atoms with van der Waals surface area (Å²) in [6, 6.07) is 4.35. The highest BCUT2D eigenvalue weighted by Crippen LogP contribution is 2.17. The first-order valence-corrected chi connectivity index (χ1v) is 9.60. The molecule has 0 amide bonds. The van der Waals surface area contributed by atoms with Gasteiger partial charge in [-0.05, 0) is 44.2 Å². The highest BCUT2D eigenvalue weighted by Gasteiger charge is 2.15. The molecule has 2 fully saturated rings. The Hall–Kier alpha value is -1.05. The maximum atomic E-state index is 4.80. The minimum atomic E-state index is 0. The quantitative estimate of drug-likeness (QED) is 0.426. The van der Waals surface area contributed by atoms with Gasteiger partial charge < -0.3 is 15.1 Å². The van der Waals surface area contributed by atoms with Gasteiger partial charge >= 0.3 is 0 Å². The second-order valence-corrected chi connectivity index (χ2v) is 6.79. The number of likely N-dealkylation sites (tertiary alicyclic amines) is 1. The number of aromatic nitrogens is 1. The highest BCUT2D eigenvalue weighted by molar-refractivity contribution is 14.0. The molecule has 25 heavy (non-hydrogen) atoms. The summed E-state index contributed by atoms with van der Waals surface area (Å²) in [5.41, 5.74) is 1.18. The van der Waals surface area contributed by atoms with Gasteiger partial charge in [0.25, 0.3) is 0 Å². The first-order valence-electron chi connectivity index (χ1n) is 9.60. The van der Waals surface area contributed by atoms with Gasteiger partial charge in [-0.2, -0.15) is 0 Å². The van der Waals surface area contributed by atoms with Crippen molar-refractivity contribution in [3.63, 3.8) is 0 Å². The van der Waals surface area contributed by atoms with E-state index in [1.54, 1.807) is 0 Å². The maximum absolute atomic E-state index is 4.80. The SMILES string of the molecule is CCNC(=NCc1ccc(N2CCCCCC2)nc1)N1CCCC1.I. The Kier molecular flexibility index (Phi) is 8.78. The largest absolute Gasteiger partial charge is 0.357 e. The summed E-state index contributed by atoms with van der Waals surface area (Å²) in [6.45, 7) is 8.28. The van der Waals surface area contributed by atoms with Crippen LogP contribution in [0.15, 0.2) is 23.3 Å². The van der Waals surface area contributed by atoms with Crippen molar-refractivity contribution in [3.8, 4) is 0 Å². The Morgan fingerprint density at radius 2 is 1.72 bits per heavy atom. The molecule has 0 radical (unpaired) electrons. The Labute approximate surface area is 169 Å². The standard InChI is InChI=1S/C19H31N5.HI/c1-2-20-19(24-13-7-8-14-24)22-16-17-9-10-18(21-15-17)23-11-5-3-4-6-12-23;/h9-10,15H,2-8,11-14,16H2,1H3,(H,20,22);1H. The lowest BCUT2D eigenvalue weighted by atomic mass is 10.2. The molecule has 0 aliphatic carbocycles. The number of hydrogen-bond acceptors (Lipinski definition) is 3. The number of anilines is 1. The monoisotopic (exact) mass is 457 g/mol. The molecule has 1 N–H and O–H groups in total. The summed E-state index contributed by atoms with van der Waals surface area (Å²) in [6.07, 6.45) is 9.83. The first-order chi connectivity index (χ1) is 11.9. The third-order valence-corrected chi connectivity index (χ3v) is 4.89. The van der Waals surface area contributed by atoms with E-state index in [2.05, 4.69) is 39.2 Å². The van der Waals surface area contributed by atoms with Crippen molar-refractivity contribution in [2.24, 2.45) is 4.99 Å². The molecule has 2 aliphatic rings. The molecule has 0 atom stereocenters. The topological polar surface area (TPSA) is 43.8 Å². The molecule has 0 saturated carbocycles. The van der Waals surface area contributed by atoms with Crippen LogP contribution in [0.5, 0.6) is 0 Å². The van der Waals surface area contributed by atoms with Crippen LogP contribution in [0.4, 0.5) is 5.82 Å². The molecule has 0 spiro atoms. The van der Waals surface area contributed by atoms with Gasteiger partial charge in [-0.3, -0.25) is 0 Å². The number of guanidine groups is 1. The van der Waals surface area contributed by atoms with Crippen molar-refractivity contribution in [1.82, 2.24) is 15.2 Å². The van der Waals surface area contributed by atoms with Crippen molar-refractivity contribution in [2.75, 3.05) is 37.6 Å². The number of nitrogens with zero attached hydrogens (tertiary/aromatic N) is 4. The predicted octanol–water partition coefficient (Wildman–Crippen LogP) is 3.64. The van der Waals surface area contributed by atoms with E-state index in [-0.39, 0.29) is 24.0 Å². The van der Waals surface area contributed by atoms with E-state index >= 15 is 0 Å². The lowest BCUT2D eigenvalue weighted by Crippen LogP contribution is -2.39. The number of rotatable bonds is 4. The van der Waals surface area contributed by atoms with Gasteiger partial charge in [-0.1, -0.05) is 18.9 Å². The summed E-state index contributed by atoms with van der Waals surface area (Å²) in [4.78, 5) is 14.3. The van der Waals surface area contributed by atoms with Crippen LogP contribution in [0.1, 0.15) is 51.0 Å². The van der Waals surface area contributed by atoms with E-state index < -0.39 is 0 Å². The molecule has 5 nitrogen and oxygen atoms in total. The minimum absolute atomic E-state index is 0. The molecule has 1 aromatic heterocycles. The normalized spacial score (nSPS) is 18.7. The predicted molar refractivity (Wildman–Crippen MR) is 116 cm³/mol. The number of hydrogen-bond donors (Lipinski definition) is 1. The van der Waals surface area contributed by atoms with Crippen LogP contribution in [0.25, 0.3) is 0 Å². The van der Waals surface area contributed by atoms with Crippen LogP contribution in [0, 0.1) is 0 Å². The third-order valence-electron chi connectivity index (χ3n) is 4.89. The van der Waals surface area contributed by atoms with Gasteiger partial charge in [-0.15, -0.1) is 24.0 Å². The third kappa shape index (κ3) is 6.01. The van der Waals surface area contributed by atoms with E-state index in [0.717, 1.165) is 44.5 Å².